The number of fused-ring (bicyclic) bond motifs is 2. The van der Waals surface area contributed by atoms with Crippen LogP contribution in [0.4, 0.5) is 0 Å². The van der Waals surface area contributed by atoms with Gasteiger partial charge in [-0.2, -0.15) is 0 Å². The number of aromatic nitrogens is 4. The normalized spacial score (nSPS) is 16.7. The first-order valence-electron chi connectivity index (χ1n) is 11.6. The van der Waals surface area contributed by atoms with Crippen molar-refractivity contribution < 1.29 is 9.53 Å². The molecule has 0 radical (unpaired) electrons. The Bertz CT molecular complexity index is 1310. The Morgan fingerprint density at radius 3 is 2.91 bits per heavy atom. The zero-order valence-corrected chi connectivity index (χ0v) is 19.2. The molecule has 0 aliphatic carbocycles. The third-order valence-corrected chi connectivity index (χ3v) is 6.46. The monoisotopic (exact) mass is 446 g/mol. The van der Waals surface area contributed by atoms with Crippen molar-refractivity contribution in [1.82, 2.24) is 24.0 Å². The van der Waals surface area contributed by atoms with Gasteiger partial charge in [-0.3, -0.25) is 4.79 Å². The molecule has 4 heterocycles. The maximum Gasteiger partial charge on any atom is 0.253 e. The van der Waals surface area contributed by atoms with Crippen LogP contribution in [-0.2, 0) is 17.8 Å². The van der Waals surface area contributed by atoms with Gasteiger partial charge in [0.2, 0.25) is 0 Å². The summed E-state index contributed by atoms with van der Waals surface area (Å²) in [6, 6.07) is 12.0. The lowest BCUT2D eigenvalue weighted by Crippen LogP contribution is -2.45. The number of ether oxygens (including phenoxy) is 1. The van der Waals surface area contributed by atoms with Crippen LogP contribution in [0.15, 0.2) is 42.6 Å². The van der Waals surface area contributed by atoms with Crippen molar-refractivity contribution in [3.05, 3.63) is 48.2 Å². The number of aryl methyl sites for hydroxylation is 1. The van der Waals surface area contributed by atoms with E-state index in [1.165, 1.54) is 0 Å². The van der Waals surface area contributed by atoms with Crippen LogP contribution in [0, 0.1) is 0 Å². The maximum atomic E-state index is 13.1. The van der Waals surface area contributed by atoms with Crippen molar-refractivity contribution in [2.75, 3.05) is 26.8 Å². The summed E-state index contributed by atoms with van der Waals surface area (Å²) in [4.78, 5) is 24.6. The first-order chi connectivity index (χ1) is 16.1. The van der Waals surface area contributed by atoms with Gasteiger partial charge >= 0.3 is 0 Å². The van der Waals surface area contributed by atoms with Crippen LogP contribution in [0.3, 0.4) is 0 Å². The molecule has 33 heavy (non-hydrogen) atoms. The van der Waals surface area contributed by atoms with Gasteiger partial charge in [-0.25, -0.2) is 9.97 Å². The molecule has 8 nitrogen and oxygen atoms in total. The van der Waals surface area contributed by atoms with Crippen LogP contribution in [0.25, 0.3) is 33.6 Å². The quantitative estimate of drug-likeness (QED) is 0.491. The summed E-state index contributed by atoms with van der Waals surface area (Å²) in [6.07, 6.45) is 3.73. The van der Waals surface area contributed by atoms with Crippen molar-refractivity contribution in [2.45, 2.75) is 38.9 Å². The largest absolute Gasteiger partial charge is 0.383 e. The molecule has 0 unspecified atom stereocenters. The Balaban J connectivity index is 1.61. The lowest BCUT2D eigenvalue weighted by Gasteiger charge is -2.30. The second-order valence-electron chi connectivity index (χ2n) is 8.63. The predicted molar refractivity (Wildman–Crippen MR) is 129 cm³/mol. The Morgan fingerprint density at radius 2 is 2.12 bits per heavy atom. The van der Waals surface area contributed by atoms with E-state index in [0.29, 0.717) is 25.3 Å². The molecule has 0 bridgehead atoms. The molecule has 1 amide bonds. The summed E-state index contributed by atoms with van der Waals surface area (Å²) < 4.78 is 9.73. The highest BCUT2D eigenvalue weighted by molar-refractivity contribution is 5.98. The Labute approximate surface area is 193 Å². The molecular weight excluding hydrogens is 416 g/mol. The van der Waals surface area contributed by atoms with E-state index in [1.807, 2.05) is 35.4 Å². The summed E-state index contributed by atoms with van der Waals surface area (Å²) in [7, 11) is 1.70. The minimum atomic E-state index is 0.0203. The van der Waals surface area contributed by atoms with E-state index in [4.69, 9.17) is 15.5 Å². The summed E-state index contributed by atoms with van der Waals surface area (Å²) in [5.41, 5.74) is 10.5. The molecule has 1 fully saturated rings. The van der Waals surface area contributed by atoms with Crippen LogP contribution in [-0.4, -0.2) is 62.8 Å². The molecule has 8 heteroatoms. The fourth-order valence-electron chi connectivity index (χ4n) is 4.84. The van der Waals surface area contributed by atoms with Gasteiger partial charge in [-0.1, -0.05) is 0 Å². The molecule has 1 aliphatic rings. The van der Waals surface area contributed by atoms with Gasteiger partial charge in [0.25, 0.3) is 5.91 Å². The average molecular weight is 447 g/mol. The second-order valence-corrected chi connectivity index (χ2v) is 8.63. The number of imidazole rings is 1. The molecule has 2 N–H and O–H groups in total. The molecule has 1 atom stereocenters. The number of nitrogens with zero attached hydrogens (tertiary/aromatic N) is 5. The van der Waals surface area contributed by atoms with E-state index in [0.717, 1.165) is 59.5 Å². The van der Waals surface area contributed by atoms with Crippen LogP contribution in [0.1, 0.15) is 30.1 Å². The molecule has 3 aromatic heterocycles. The van der Waals surface area contributed by atoms with E-state index >= 15 is 0 Å². The number of nitrogens with two attached hydrogens (primary N) is 1. The molecule has 0 saturated carbocycles. The molecule has 172 valence electrons. The fraction of sp³-hybridized carbons (Fsp3) is 0.400. The Kier molecular flexibility index (Phi) is 5.86. The number of carbonyl (C=O) groups is 1. The van der Waals surface area contributed by atoms with Crippen LogP contribution in [0.5, 0.6) is 0 Å². The number of rotatable bonds is 6. The van der Waals surface area contributed by atoms with Gasteiger partial charge in [0.15, 0.2) is 5.82 Å². The van der Waals surface area contributed by atoms with Crippen LogP contribution < -0.4 is 5.73 Å². The number of likely N-dealkylation sites (tertiary alicyclic amines) is 1. The zero-order valence-electron chi connectivity index (χ0n) is 19.2. The first-order valence-corrected chi connectivity index (χ1v) is 11.6. The van der Waals surface area contributed by atoms with E-state index in [1.54, 1.807) is 7.11 Å². The highest BCUT2D eigenvalue weighted by Crippen LogP contribution is 2.30. The van der Waals surface area contributed by atoms with Crippen molar-refractivity contribution >= 4 is 28.0 Å². The number of carbonyl (C=O) groups excluding carboxylic acids is 1. The molecule has 1 saturated heterocycles. The van der Waals surface area contributed by atoms with Crippen molar-refractivity contribution in [3.8, 4) is 11.5 Å². The highest BCUT2D eigenvalue weighted by Gasteiger charge is 2.24. The van der Waals surface area contributed by atoms with Gasteiger partial charge in [0.05, 0.1) is 23.3 Å². The molecule has 1 aliphatic heterocycles. The number of methoxy groups -OCH3 is 1. The minimum Gasteiger partial charge on any atom is -0.383 e. The third kappa shape index (κ3) is 3.89. The van der Waals surface area contributed by atoms with E-state index in [2.05, 4.69) is 33.2 Å². The van der Waals surface area contributed by atoms with E-state index in [-0.39, 0.29) is 11.9 Å². The SMILES string of the molecule is CCn1c(-c2nc3cc(C(=O)N4CCC[C@@H](N)C4)ccc3n2CCOC)cc2cccnc21. The topological polar surface area (TPSA) is 91.2 Å². The fourth-order valence-corrected chi connectivity index (χ4v) is 4.84. The van der Waals surface area contributed by atoms with Gasteiger partial charge < -0.3 is 24.5 Å². The molecule has 0 spiro atoms. The van der Waals surface area contributed by atoms with Gasteiger partial charge in [0, 0.05) is 56.5 Å². The second kappa shape index (κ2) is 8.96. The minimum absolute atomic E-state index is 0.0203. The van der Waals surface area contributed by atoms with Crippen LogP contribution >= 0.6 is 0 Å². The lowest BCUT2D eigenvalue weighted by atomic mass is 10.1. The van der Waals surface area contributed by atoms with Gasteiger partial charge in [0.1, 0.15) is 5.65 Å². The van der Waals surface area contributed by atoms with E-state index in [9.17, 15) is 4.79 Å². The van der Waals surface area contributed by atoms with Gasteiger partial charge in [-0.05, 0) is 56.2 Å². The van der Waals surface area contributed by atoms with E-state index < -0.39 is 0 Å². The standard InChI is InChI=1S/C25H30N6O2/c1-3-30-22(15-17-6-4-10-27-23(17)30)24-28-20-14-18(8-9-21(20)31(24)12-13-33-2)25(32)29-11-5-7-19(26)16-29/h4,6,8-10,14-15,19H,3,5,7,11-13,16,26H2,1-2H3/t19-/m1/s1. The third-order valence-electron chi connectivity index (χ3n) is 6.46. The lowest BCUT2D eigenvalue weighted by molar-refractivity contribution is 0.0709. The van der Waals surface area contributed by atoms with Crippen LogP contribution in [0.2, 0.25) is 0 Å². The highest BCUT2D eigenvalue weighted by atomic mass is 16.5. The van der Waals surface area contributed by atoms with Crippen molar-refractivity contribution in [3.63, 3.8) is 0 Å². The summed E-state index contributed by atoms with van der Waals surface area (Å²) >= 11 is 0. The number of benzene rings is 1. The number of hydrogen-bond donors (Lipinski definition) is 1. The van der Waals surface area contributed by atoms with Gasteiger partial charge in [-0.15, -0.1) is 0 Å². The number of pyridine rings is 1. The van der Waals surface area contributed by atoms with Crippen molar-refractivity contribution in [1.29, 1.82) is 0 Å². The van der Waals surface area contributed by atoms with Crippen molar-refractivity contribution in [2.24, 2.45) is 5.73 Å². The summed E-state index contributed by atoms with van der Waals surface area (Å²) in [6.45, 7) is 5.47. The molecule has 5 rings (SSSR count). The maximum absolute atomic E-state index is 13.1. The smallest absolute Gasteiger partial charge is 0.253 e. The molecular formula is C25H30N6O2. The Morgan fingerprint density at radius 1 is 1.24 bits per heavy atom. The number of hydrogen-bond acceptors (Lipinski definition) is 5. The predicted octanol–water partition coefficient (Wildman–Crippen LogP) is 3.28. The zero-order chi connectivity index (χ0) is 22.9. The number of piperidine rings is 1. The molecule has 4 aromatic rings. The summed E-state index contributed by atoms with van der Waals surface area (Å²) in [5.74, 6) is 0.874. The number of amides is 1. The Hall–Kier alpha value is -3.23. The molecule has 1 aromatic carbocycles. The first kappa shape index (κ1) is 21.6. The summed E-state index contributed by atoms with van der Waals surface area (Å²) in [5, 5.41) is 1.08. The average Bonchev–Trinajstić information content (AvgIpc) is 3.39.